The number of rotatable bonds is 12. The molecule has 0 bridgehead atoms. The van der Waals surface area contributed by atoms with Crippen molar-refractivity contribution in [3.63, 3.8) is 0 Å². The highest BCUT2D eigenvalue weighted by molar-refractivity contribution is 5.96. The first-order valence-electron chi connectivity index (χ1n) is 50.2. The van der Waals surface area contributed by atoms with Crippen LogP contribution in [-0.2, 0) is 88.0 Å². The Kier molecular flexibility index (Phi) is 30.9. The number of aromatic nitrogens is 10. The van der Waals surface area contributed by atoms with Gasteiger partial charge in [0.25, 0.3) is 33.7 Å². The fraction of sp³-hybridized carbons (Fsp3) is 0.382. The number of likely N-dealkylation sites (N-methyl/N-ethyl adjacent to an activating group) is 1. The van der Waals surface area contributed by atoms with Crippen LogP contribution in [0.1, 0.15) is 225 Å². The number of nitrogens with zero attached hydrogens (tertiary/aromatic N) is 7. The fourth-order valence-corrected chi connectivity index (χ4v) is 21.5. The third-order valence-electron chi connectivity index (χ3n) is 30.5. The summed E-state index contributed by atoms with van der Waals surface area (Å²) in [6, 6.07) is 45.0. The maximum absolute atomic E-state index is 14.1. The second-order valence-corrected chi connectivity index (χ2v) is 40.1. The third kappa shape index (κ3) is 21.7. The van der Waals surface area contributed by atoms with Crippen molar-refractivity contribution >= 4 is 41.1 Å². The van der Waals surface area contributed by atoms with Crippen LogP contribution in [0.15, 0.2) is 242 Å². The molecule has 1 aliphatic carbocycles. The number of methoxy groups -OCH3 is 1. The van der Waals surface area contributed by atoms with Crippen LogP contribution >= 0.6 is 0 Å². The number of carbonyl (C=O) groups is 2. The summed E-state index contributed by atoms with van der Waals surface area (Å²) in [7, 11) is 3.01. The first-order chi connectivity index (χ1) is 71.1. The van der Waals surface area contributed by atoms with E-state index in [0.29, 0.717) is 171 Å². The van der Waals surface area contributed by atoms with Crippen molar-refractivity contribution in [2.75, 3.05) is 53.8 Å². The molecule has 8 aliphatic heterocycles. The molecule has 149 heavy (non-hydrogen) atoms. The highest BCUT2D eigenvalue weighted by Crippen LogP contribution is 2.44. The predicted molar refractivity (Wildman–Crippen MR) is 555 cm³/mol. The zero-order chi connectivity index (χ0) is 107. The molecule has 5 aromatic heterocycles. The molecule has 12 N–H and O–H groups in total. The minimum Gasteiger partial charge on any atom is -0.453 e. The van der Waals surface area contributed by atoms with Crippen LogP contribution in [0.2, 0.25) is 0 Å². The van der Waals surface area contributed by atoms with E-state index in [1.807, 2.05) is 70.2 Å². The van der Waals surface area contributed by atoms with Gasteiger partial charge in [0.15, 0.2) is 11.6 Å². The number of nitrogens with one attached hydrogen (secondary N) is 12. The molecule has 6 atom stereocenters. The lowest BCUT2D eigenvalue weighted by molar-refractivity contribution is -0.125. The molecule has 0 radical (unpaired) electrons. The average Bonchev–Trinajstić information content (AvgIpc) is 0.766. The summed E-state index contributed by atoms with van der Waals surface area (Å²) in [6.45, 7) is 20.4. The predicted octanol–water partition coefficient (Wildman–Crippen LogP) is 15.4. The molecule has 39 heteroatoms. The van der Waals surface area contributed by atoms with Gasteiger partial charge >= 0.3 is 34.5 Å². The number of hydrogen-bond donors (Lipinski definition) is 12. The van der Waals surface area contributed by atoms with E-state index in [9.17, 15) is 88.3 Å². The van der Waals surface area contributed by atoms with Crippen LogP contribution in [-0.4, -0.2) is 96.8 Å². The van der Waals surface area contributed by atoms with Gasteiger partial charge in [0.1, 0.15) is 69.8 Å². The summed E-state index contributed by atoms with van der Waals surface area (Å²) in [5, 5.41) is 22.6. The number of likely N-dealkylation sites (tertiary alicyclic amines) is 1. The first kappa shape index (κ1) is 106. The monoisotopic (exact) mass is 2050 g/mol. The molecule has 1 saturated carbocycles. The Morgan fingerprint density at radius 1 is 0.389 bits per heavy atom. The quantitative estimate of drug-likeness (QED) is 0.0505. The van der Waals surface area contributed by atoms with Crippen molar-refractivity contribution in [2.24, 2.45) is 0 Å². The number of halogens is 7. The Bertz CT molecular complexity index is 7860. The van der Waals surface area contributed by atoms with Gasteiger partial charge in [0.05, 0.1) is 79.4 Å². The number of ether oxygens (including phenoxy) is 1. The van der Waals surface area contributed by atoms with Gasteiger partial charge in [-0.15, -0.1) is 0 Å². The molecule has 2 amide bonds. The van der Waals surface area contributed by atoms with Crippen molar-refractivity contribution in [1.82, 2.24) is 68.2 Å². The maximum atomic E-state index is 14.1. The van der Waals surface area contributed by atoms with E-state index in [1.54, 1.807) is 75.2 Å². The summed E-state index contributed by atoms with van der Waals surface area (Å²) >= 11 is 0. The summed E-state index contributed by atoms with van der Waals surface area (Å²) in [4.78, 5) is 166. The second kappa shape index (κ2) is 43.4. The lowest BCUT2D eigenvalue weighted by Crippen LogP contribution is -2.52. The molecule has 12 aromatic rings. The summed E-state index contributed by atoms with van der Waals surface area (Å²) in [5.74, 6) is -0.594. The number of piperidine rings is 1. The molecule has 1 saturated heterocycles. The van der Waals surface area contributed by atoms with E-state index < -0.39 is 74.1 Å². The Balaban J connectivity index is 0.000000128. The van der Waals surface area contributed by atoms with Crippen LogP contribution in [0.25, 0.3) is 5.69 Å². The van der Waals surface area contributed by atoms with Gasteiger partial charge in [0.2, 0.25) is 0 Å². The molecule has 2 fully saturated rings. The molecular formula is C110H122F7N19O13. The van der Waals surface area contributed by atoms with E-state index in [1.165, 1.54) is 80.2 Å². The maximum Gasteiger partial charge on any atom is 0.409 e. The number of hydrogen-bond acceptors (Lipinski definition) is 20. The number of H-pyrrole nitrogens is 5. The first-order valence-corrected chi connectivity index (χ1v) is 50.2. The number of fused-ring (bicyclic) bond motifs is 5. The van der Waals surface area contributed by atoms with Crippen LogP contribution in [0.3, 0.4) is 0 Å². The molecule has 0 spiro atoms. The highest BCUT2D eigenvalue weighted by Gasteiger charge is 2.44. The number of aromatic amines is 5. The van der Waals surface area contributed by atoms with Crippen molar-refractivity contribution in [3.05, 3.63) is 400 Å². The Labute approximate surface area is 851 Å². The molecule has 0 unspecified atom stereocenters. The molecular weight excluding hydrogens is 1930 g/mol. The summed E-state index contributed by atoms with van der Waals surface area (Å²) < 4.78 is 106. The van der Waals surface area contributed by atoms with Crippen molar-refractivity contribution in [1.29, 1.82) is 0 Å². The van der Waals surface area contributed by atoms with Crippen molar-refractivity contribution < 1.29 is 45.1 Å². The fourth-order valence-electron chi connectivity index (χ4n) is 21.5. The number of para-hydroxylation sites is 1. The topological polar surface area (TPSA) is 408 Å². The Morgan fingerprint density at radius 2 is 0.785 bits per heavy atom. The van der Waals surface area contributed by atoms with Gasteiger partial charge in [-0.25, -0.2) is 64.1 Å². The standard InChI is InChI=1S/C21H24F2N4O4.C20H24FN3O2.C20H18FN3O2.C17H21N3O2.C16H17F2N3O2.C16H18FN3O/c1-21(12-3-4-15(22)16(23)11-12)8-5-14-17(25-21)24-19(29)27(18(14)28)13-6-9-26(10-7-13)20(30)31-2;2*1-20(13-6-5-7-14(21)12-13)11-10-16-17(23-20)22-19(26)24(18(16)25)15-8-3-2-4-9-15;1-3-17(12-8-6-5-7-9-12)11-10-13-14(19-17)18-16(22)20(4-2)15(13)21;1-3-21-14(22)10-6-7-16(2,20-13(10)19-15(21)23)11-8-9(17)4-5-12(11)18;1-10-18-14-13(15(21)20(10)3)7-8-16(2,19-14)11-5-4-6-12(17)9-11/h3-4,11,13,25H,5-10H2,1-2H3,(H,24,29);5-7,12,15,23H,2-4,8-11H2,1H3,(H,22,26);2-9,12,23H,10-11H2,1H3,(H,22,26);5-9,19H,3-4,10-11H2,1-2H3,(H,18,22);4-5,8,20H,3,6-7H2,1-2H3,(H,19,23);4-6,9,18-19H,1,7-8H2,2-3H3/t21-;2*20-;17-;2*16-/m111111/s1. The normalized spacial score (nSPS) is 21.5. The lowest BCUT2D eigenvalue weighted by Gasteiger charge is -2.42. The summed E-state index contributed by atoms with van der Waals surface area (Å²) in [5.41, 5.74) is 1.26. The molecule has 9 aliphatic rings. The largest absolute Gasteiger partial charge is 0.453 e. The van der Waals surface area contributed by atoms with Gasteiger partial charge in [-0.05, 0) is 264 Å². The minimum absolute atomic E-state index is 0.00169. The van der Waals surface area contributed by atoms with E-state index in [4.69, 9.17) is 4.74 Å². The molecule has 784 valence electrons. The number of amides is 2. The van der Waals surface area contributed by atoms with E-state index in [-0.39, 0.29) is 98.1 Å². The van der Waals surface area contributed by atoms with E-state index in [0.717, 1.165) is 107 Å². The Morgan fingerprint density at radius 3 is 1.26 bits per heavy atom. The Hall–Kier alpha value is -15.7. The van der Waals surface area contributed by atoms with E-state index >= 15 is 0 Å². The third-order valence-corrected chi connectivity index (χ3v) is 30.5. The zero-order valence-corrected chi connectivity index (χ0v) is 84.6. The van der Waals surface area contributed by atoms with Crippen molar-refractivity contribution in [3.8, 4) is 5.69 Å². The van der Waals surface area contributed by atoms with Gasteiger partial charge in [-0.2, -0.15) is 0 Å². The summed E-state index contributed by atoms with van der Waals surface area (Å²) in [6.07, 6.45) is 13.2. The molecule has 13 heterocycles. The van der Waals surface area contributed by atoms with Gasteiger partial charge in [0, 0.05) is 50.9 Å². The van der Waals surface area contributed by atoms with Gasteiger partial charge < -0.3 is 46.9 Å². The van der Waals surface area contributed by atoms with Gasteiger partial charge in [-0.3, -0.25) is 76.9 Å². The van der Waals surface area contributed by atoms with Gasteiger partial charge in [-0.1, -0.05) is 124 Å². The number of anilines is 5. The number of carbonyl (C=O) groups excluding carboxylic acids is 2. The van der Waals surface area contributed by atoms with Crippen LogP contribution < -0.4 is 93.5 Å². The molecule has 21 rings (SSSR count). The van der Waals surface area contributed by atoms with Crippen LogP contribution in [0.5, 0.6) is 0 Å². The highest BCUT2D eigenvalue weighted by atomic mass is 19.2. The second-order valence-electron chi connectivity index (χ2n) is 40.1. The van der Waals surface area contributed by atoms with E-state index in [2.05, 4.69) is 87.8 Å². The smallest absolute Gasteiger partial charge is 0.409 e. The molecule has 32 nitrogen and oxygen atoms in total. The molecule has 7 aromatic carbocycles. The average molecular weight is 2050 g/mol. The van der Waals surface area contributed by atoms with Crippen molar-refractivity contribution in [2.45, 2.75) is 242 Å². The lowest BCUT2D eigenvalue weighted by atomic mass is 9.79. The van der Waals surface area contributed by atoms with Crippen LogP contribution in [0.4, 0.5) is 64.6 Å². The SMILES string of the molecule is C=C1NC2=C(CC[C@](C)(c3cccc(F)c3)N2)C(=O)N1C.CCn1c(=O)[nH]c2c(c1=O)CC[C@](C)(c1cc(F)ccc1F)N2.CCn1c(=O)[nH]c2c(c1=O)CC[C@](CC)(c1ccccc1)N2.COC(=O)N1CCC(n2c(=O)[nH]c3c(c2=O)CC[C@](C)(c2ccc(F)c(F)c2)N3)CC1.C[C@]1(c2cccc(F)c2)CCc2c([nH]c(=O)n(-c3ccccc3)c2=O)N1.C[C@]1(c2cccc(F)c2)CCc2c([nH]c(=O)n(C3CCCCC3)c2=O)N1. The number of benzene rings is 7. The minimum atomic E-state index is -0.950. The zero-order valence-electron chi connectivity index (χ0n) is 84.6. The van der Waals surface area contributed by atoms with Crippen LogP contribution in [0, 0.1) is 40.7 Å².